The third-order valence-corrected chi connectivity index (χ3v) is 7.13. The number of hydrogen-bond donors (Lipinski definition) is 3. The van der Waals surface area contributed by atoms with Crippen molar-refractivity contribution in [2.24, 2.45) is 0 Å². The molecular weight excluding hydrogens is 611 g/mol. The van der Waals surface area contributed by atoms with E-state index < -0.39 is 36.2 Å². The van der Waals surface area contributed by atoms with Gasteiger partial charge in [0, 0.05) is 46.6 Å². The molecule has 5 rings (SSSR count). The van der Waals surface area contributed by atoms with Gasteiger partial charge in [-0.3, -0.25) is 9.59 Å². The summed E-state index contributed by atoms with van der Waals surface area (Å²) >= 11 is 0. The first-order valence-corrected chi connectivity index (χ1v) is 13.8. The van der Waals surface area contributed by atoms with Crippen molar-refractivity contribution in [2.45, 2.75) is 26.6 Å². The summed E-state index contributed by atoms with van der Waals surface area (Å²) in [6.45, 7) is 1.68. The molecule has 0 bridgehead atoms. The van der Waals surface area contributed by atoms with Gasteiger partial charge in [0.2, 0.25) is 5.95 Å². The van der Waals surface area contributed by atoms with Crippen molar-refractivity contribution in [2.75, 3.05) is 19.0 Å². The minimum absolute atomic E-state index is 0.0435. The quantitative estimate of drug-likeness (QED) is 0.164. The fraction of sp³-hybridized carbons (Fsp3) is 0.188. The number of benzene rings is 3. The number of hydrogen-bond acceptors (Lipinski definition) is 6. The summed E-state index contributed by atoms with van der Waals surface area (Å²) in [4.78, 5) is 29.5. The Morgan fingerprint density at radius 3 is 2.30 bits per heavy atom. The van der Waals surface area contributed by atoms with Crippen LogP contribution in [0.1, 0.15) is 37.4 Å². The van der Waals surface area contributed by atoms with Crippen LogP contribution in [0.5, 0.6) is 5.75 Å². The number of aromatic nitrogens is 3. The van der Waals surface area contributed by atoms with Gasteiger partial charge in [-0.1, -0.05) is 18.2 Å². The number of anilines is 2. The van der Waals surface area contributed by atoms with E-state index >= 15 is 0 Å². The number of halogens is 5. The highest BCUT2D eigenvalue weighted by Crippen LogP contribution is 2.36. The van der Waals surface area contributed by atoms with Crippen molar-refractivity contribution in [3.05, 3.63) is 106 Å². The van der Waals surface area contributed by atoms with Crippen LogP contribution in [0.4, 0.5) is 33.6 Å². The van der Waals surface area contributed by atoms with Gasteiger partial charge in [-0.25, -0.2) is 13.3 Å². The number of amides is 2. The summed E-state index contributed by atoms with van der Waals surface area (Å²) in [5, 5.41) is 12.1. The Hall–Kier alpha value is -5.53. The SMILES string of the molecule is COc1c(C)c(C(=O)NCC(F)(F)F)cc(C)c1Nc1nc2ccc(-c3ccc(C(=O)NCc4ccc(F)cc4F)cc3)cn2n1. The Labute approximate surface area is 259 Å². The molecule has 0 fully saturated rings. The van der Waals surface area contributed by atoms with Crippen LogP contribution in [-0.2, 0) is 6.54 Å². The molecule has 0 unspecified atom stereocenters. The number of pyridine rings is 1. The molecule has 0 saturated heterocycles. The molecule has 3 N–H and O–H groups in total. The van der Waals surface area contributed by atoms with Crippen LogP contribution in [0.25, 0.3) is 16.8 Å². The van der Waals surface area contributed by atoms with E-state index in [4.69, 9.17) is 4.74 Å². The predicted molar refractivity (Wildman–Crippen MR) is 160 cm³/mol. The van der Waals surface area contributed by atoms with Crippen LogP contribution in [0, 0.1) is 25.5 Å². The average Bonchev–Trinajstić information content (AvgIpc) is 3.42. The lowest BCUT2D eigenvalue weighted by Crippen LogP contribution is -2.34. The fourth-order valence-electron chi connectivity index (χ4n) is 4.78. The van der Waals surface area contributed by atoms with Gasteiger partial charge in [0.1, 0.15) is 23.9 Å². The van der Waals surface area contributed by atoms with Gasteiger partial charge < -0.3 is 20.7 Å². The number of alkyl halides is 3. The number of nitrogens with zero attached hydrogens (tertiary/aromatic N) is 3. The maximum atomic E-state index is 13.9. The number of fused-ring (bicyclic) bond motifs is 1. The van der Waals surface area contributed by atoms with Crippen molar-refractivity contribution in [1.82, 2.24) is 25.2 Å². The second-order valence-corrected chi connectivity index (χ2v) is 10.3. The Bertz CT molecular complexity index is 1940. The lowest BCUT2D eigenvalue weighted by molar-refractivity contribution is -0.123. The van der Waals surface area contributed by atoms with Gasteiger partial charge in [0.25, 0.3) is 11.8 Å². The summed E-state index contributed by atoms with van der Waals surface area (Å²) in [7, 11) is 1.38. The molecule has 3 aromatic carbocycles. The van der Waals surface area contributed by atoms with Crippen LogP contribution in [0.15, 0.2) is 66.9 Å². The minimum Gasteiger partial charge on any atom is -0.494 e. The average molecular weight is 639 g/mol. The maximum Gasteiger partial charge on any atom is 0.405 e. The lowest BCUT2D eigenvalue weighted by Gasteiger charge is -2.18. The van der Waals surface area contributed by atoms with Crippen LogP contribution in [-0.4, -0.2) is 46.2 Å². The van der Waals surface area contributed by atoms with Crippen LogP contribution in [0.2, 0.25) is 0 Å². The first kappa shape index (κ1) is 31.9. The predicted octanol–water partition coefficient (Wildman–Crippen LogP) is 6.27. The highest BCUT2D eigenvalue weighted by molar-refractivity contribution is 5.98. The maximum absolute atomic E-state index is 13.9. The van der Waals surface area contributed by atoms with Gasteiger partial charge in [-0.15, -0.1) is 5.10 Å². The largest absolute Gasteiger partial charge is 0.494 e. The molecule has 2 aromatic heterocycles. The molecule has 46 heavy (non-hydrogen) atoms. The third kappa shape index (κ3) is 7.06. The van der Waals surface area contributed by atoms with Crippen LogP contribution >= 0.6 is 0 Å². The fourth-order valence-corrected chi connectivity index (χ4v) is 4.78. The Kier molecular flexibility index (Phi) is 8.89. The van der Waals surface area contributed by atoms with Crippen molar-refractivity contribution in [1.29, 1.82) is 0 Å². The number of nitrogens with one attached hydrogen (secondary N) is 3. The molecule has 238 valence electrons. The molecule has 5 aromatic rings. The Morgan fingerprint density at radius 2 is 1.63 bits per heavy atom. The van der Waals surface area contributed by atoms with E-state index in [0.29, 0.717) is 28.0 Å². The molecule has 9 nitrogen and oxygen atoms in total. The zero-order valence-corrected chi connectivity index (χ0v) is 24.7. The van der Waals surface area contributed by atoms with E-state index in [1.54, 1.807) is 54.9 Å². The summed E-state index contributed by atoms with van der Waals surface area (Å²) in [6, 6.07) is 14.9. The molecule has 2 amide bonds. The molecule has 0 aliphatic rings. The molecule has 0 atom stereocenters. The number of aryl methyl sites for hydroxylation is 1. The number of carbonyl (C=O) groups is 2. The Morgan fingerprint density at radius 1 is 0.913 bits per heavy atom. The molecule has 2 heterocycles. The summed E-state index contributed by atoms with van der Waals surface area (Å²) in [5.41, 5.74) is 3.90. The van der Waals surface area contributed by atoms with Crippen molar-refractivity contribution < 1.29 is 36.3 Å². The first-order chi connectivity index (χ1) is 21.8. The molecule has 0 aliphatic heterocycles. The first-order valence-electron chi connectivity index (χ1n) is 13.8. The Balaban J connectivity index is 1.31. The second-order valence-electron chi connectivity index (χ2n) is 10.3. The normalized spacial score (nSPS) is 11.4. The van der Waals surface area contributed by atoms with Crippen molar-refractivity contribution in [3.8, 4) is 16.9 Å². The lowest BCUT2D eigenvalue weighted by atomic mass is 10.0. The highest BCUT2D eigenvalue weighted by Gasteiger charge is 2.29. The topological polar surface area (TPSA) is 110 Å². The van der Waals surface area contributed by atoms with Crippen molar-refractivity contribution >= 4 is 29.1 Å². The van der Waals surface area contributed by atoms with Gasteiger partial charge in [0.15, 0.2) is 5.65 Å². The summed E-state index contributed by atoms with van der Waals surface area (Å²) < 4.78 is 71.9. The highest BCUT2D eigenvalue weighted by atomic mass is 19.4. The van der Waals surface area contributed by atoms with Gasteiger partial charge >= 0.3 is 6.18 Å². The zero-order valence-electron chi connectivity index (χ0n) is 24.7. The van der Waals surface area contributed by atoms with E-state index in [1.807, 2.05) is 11.4 Å². The zero-order chi connectivity index (χ0) is 33.2. The van der Waals surface area contributed by atoms with Crippen molar-refractivity contribution in [3.63, 3.8) is 0 Å². The monoisotopic (exact) mass is 638 g/mol. The van der Waals surface area contributed by atoms with E-state index in [-0.39, 0.29) is 29.4 Å². The second kappa shape index (κ2) is 12.8. The molecule has 0 saturated carbocycles. The molecule has 0 radical (unpaired) electrons. The van der Waals surface area contributed by atoms with Crippen LogP contribution in [0.3, 0.4) is 0 Å². The standard InChI is InChI=1S/C32H27F5N6O3/c1-17-12-24(30(45)39-16-32(35,36)37)18(2)28(46-3)27(17)41-31-40-26-11-9-22(15-43(26)42-31)19-4-6-20(7-5-19)29(44)38-14-21-8-10-23(33)13-25(21)34/h4-13,15H,14,16H2,1-3H3,(H,38,44)(H,39,45)(H,41,42). The van der Waals surface area contributed by atoms with Gasteiger partial charge in [-0.2, -0.15) is 18.2 Å². The van der Waals surface area contributed by atoms with E-state index in [2.05, 4.69) is 20.7 Å². The smallest absolute Gasteiger partial charge is 0.405 e. The molecule has 0 aliphatic carbocycles. The summed E-state index contributed by atoms with van der Waals surface area (Å²) in [5.74, 6) is -2.29. The number of methoxy groups -OCH3 is 1. The minimum atomic E-state index is -4.55. The molecule has 14 heteroatoms. The molecular formula is C32H27F5N6O3. The number of rotatable bonds is 9. The van der Waals surface area contributed by atoms with E-state index in [1.165, 1.54) is 19.2 Å². The molecule has 0 spiro atoms. The van der Waals surface area contributed by atoms with E-state index in [9.17, 15) is 31.5 Å². The van der Waals surface area contributed by atoms with Crippen LogP contribution < -0.4 is 20.7 Å². The van der Waals surface area contributed by atoms with Gasteiger partial charge in [0.05, 0.1) is 12.8 Å². The number of carbonyl (C=O) groups excluding carboxylic acids is 2. The number of ether oxygens (including phenoxy) is 1. The van der Waals surface area contributed by atoms with E-state index in [0.717, 1.165) is 23.3 Å². The third-order valence-electron chi connectivity index (χ3n) is 7.13. The van der Waals surface area contributed by atoms with Gasteiger partial charge in [-0.05, 0) is 61.4 Å². The summed E-state index contributed by atoms with van der Waals surface area (Å²) in [6.07, 6.45) is -2.81.